The van der Waals surface area contributed by atoms with Crippen LogP contribution < -0.4 is 33.2 Å². The first-order valence-electron chi connectivity index (χ1n) is 12.7. The molecule has 0 saturated heterocycles. The van der Waals surface area contributed by atoms with Crippen molar-refractivity contribution in [2.24, 2.45) is 11.7 Å². The third kappa shape index (κ3) is 8.01. The number of carbonyl (C=O) groups is 5. The van der Waals surface area contributed by atoms with Gasteiger partial charge in [-0.3, -0.25) is 24.0 Å². The minimum atomic E-state index is -1.85. The summed E-state index contributed by atoms with van der Waals surface area (Å²) in [6.45, 7) is 1.19. The van der Waals surface area contributed by atoms with Gasteiger partial charge in [0.05, 0.1) is 6.04 Å². The maximum Gasteiger partial charge on any atom is 0.320 e. The predicted octanol–water partition coefficient (Wildman–Crippen LogP) is -0.313. The van der Waals surface area contributed by atoms with E-state index in [0.29, 0.717) is 36.8 Å². The molecule has 12 N–H and O–H groups in total. The third-order valence-corrected chi connectivity index (χ3v) is 6.63. The number of anilines is 4. The molecule has 220 valence electrons. The van der Waals surface area contributed by atoms with Crippen LogP contribution in [0.4, 0.5) is 23.3 Å². The number of aromatic nitrogens is 2. The van der Waals surface area contributed by atoms with Crippen molar-refractivity contribution < 1.29 is 39.3 Å². The van der Waals surface area contributed by atoms with Gasteiger partial charge < -0.3 is 48.5 Å². The van der Waals surface area contributed by atoms with E-state index in [1.165, 1.54) is 12.1 Å². The van der Waals surface area contributed by atoms with Gasteiger partial charge in [0, 0.05) is 42.2 Å². The molecule has 1 aromatic carbocycles. The number of ketones is 1. The second kappa shape index (κ2) is 13.4. The molecule has 2 heterocycles. The number of carboxylic acid groups (broad SMARTS) is 3. The lowest BCUT2D eigenvalue weighted by Crippen LogP contribution is -2.47. The fourth-order valence-corrected chi connectivity index (χ4v) is 4.47. The van der Waals surface area contributed by atoms with Crippen molar-refractivity contribution in [1.82, 2.24) is 15.3 Å². The second-order valence-electron chi connectivity index (χ2n) is 9.53. The average Bonchev–Trinajstić information content (AvgIpc) is 3.31. The maximum absolute atomic E-state index is 12.9. The second-order valence-corrected chi connectivity index (χ2v) is 9.53. The van der Waals surface area contributed by atoms with Crippen molar-refractivity contribution in [3.63, 3.8) is 0 Å². The SMILES string of the molecule is Nc1nc(N)c2c(n1)NCC2CCNc1ccc(C(=O)N[C@@H](CCC(=O)O)C(=O)C(C[C@H](N)C(=O)O)C(=O)O)cc1. The molecule has 0 radical (unpaired) electrons. The molecule has 2 unspecified atom stereocenters. The van der Waals surface area contributed by atoms with E-state index < -0.39 is 66.9 Å². The van der Waals surface area contributed by atoms with E-state index >= 15 is 0 Å². The number of carboxylic acids is 3. The molecule has 4 atom stereocenters. The fraction of sp³-hybridized carbons (Fsp3) is 0.400. The zero-order valence-electron chi connectivity index (χ0n) is 21.9. The van der Waals surface area contributed by atoms with Gasteiger partial charge in [-0.1, -0.05) is 0 Å². The van der Waals surface area contributed by atoms with E-state index in [1.807, 2.05) is 0 Å². The number of rotatable bonds is 15. The van der Waals surface area contributed by atoms with E-state index in [0.717, 1.165) is 5.56 Å². The van der Waals surface area contributed by atoms with Crippen molar-refractivity contribution in [3.8, 4) is 0 Å². The first kappa shape index (κ1) is 30.6. The quantitative estimate of drug-likeness (QED) is 0.124. The maximum atomic E-state index is 12.9. The van der Waals surface area contributed by atoms with E-state index in [4.69, 9.17) is 27.4 Å². The normalized spacial score (nSPS) is 16.0. The molecule has 1 aromatic heterocycles. The monoisotopic (exact) mass is 572 g/mol. The van der Waals surface area contributed by atoms with Crippen LogP contribution in [0.2, 0.25) is 0 Å². The Hall–Kier alpha value is -4.99. The zero-order chi connectivity index (χ0) is 30.3. The third-order valence-electron chi connectivity index (χ3n) is 6.63. The van der Waals surface area contributed by atoms with Gasteiger partial charge in [0.15, 0.2) is 5.78 Å². The molecule has 1 aliphatic rings. The molecule has 16 nitrogen and oxygen atoms in total. The number of benzene rings is 1. The van der Waals surface area contributed by atoms with E-state index in [9.17, 15) is 29.1 Å². The Balaban J connectivity index is 1.62. The largest absolute Gasteiger partial charge is 0.481 e. The highest BCUT2D eigenvalue weighted by molar-refractivity contribution is 6.04. The molecular formula is C25H32N8O8. The lowest BCUT2D eigenvalue weighted by Gasteiger charge is -2.22. The Morgan fingerprint density at radius 1 is 1.02 bits per heavy atom. The van der Waals surface area contributed by atoms with Gasteiger partial charge in [0.2, 0.25) is 5.95 Å². The lowest BCUT2D eigenvalue weighted by atomic mass is 9.89. The van der Waals surface area contributed by atoms with Crippen molar-refractivity contribution in [2.75, 3.05) is 35.2 Å². The van der Waals surface area contributed by atoms with Gasteiger partial charge in [0.25, 0.3) is 5.91 Å². The smallest absolute Gasteiger partial charge is 0.320 e. The molecule has 2 aromatic rings. The van der Waals surface area contributed by atoms with E-state index in [2.05, 4.69) is 25.9 Å². The molecule has 3 rings (SSSR count). The van der Waals surface area contributed by atoms with Crippen LogP contribution in [0.1, 0.15) is 47.5 Å². The summed E-state index contributed by atoms with van der Waals surface area (Å²) in [6, 6.07) is 3.09. The minimum Gasteiger partial charge on any atom is -0.481 e. The van der Waals surface area contributed by atoms with Gasteiger partial charge in [-0.25, -0.2) is 0 Å². The molecule has 1 aliphatic heterocycles. The number of aliphatic carboxylic acids is 3. The van der Waals surface area contributed by atoms with Crippen LogP contribution in [0.15, 0.2) is 24.3 Å². The van der Waals surface area contributed by atoms with Crippen molar-refractivity contribution in [2.45, 2.75) is 43.7 Å². The Labute approximate surface area is 233 Å². The minimum absolute atomic E-state index is 0.0723. The number of nitrogens with one attached hydrogen (secondary N) is 3. The summed E-state index contributed by atoms with van der Waals surface area (Å²) in [5, 5.41) is 36.3. The standard InChI is InChI=1S/C25H32N8O8/c26-15(24(40)41)9-14(23(38)39)19(36)16(5-6-17(34)35)31-22(37)11-1-3-13(4-2-11)29-8-7-12-10-30-21-18(12)20(27)32-25(28)33-21/h1-4,12,14-16,29H,5-10,26H2,(H,31,37)(H,34,35)(H,38,39)(H,40,41)(H5,27,28,30,32,33)/t12?,14?,15-,16-/m0/s1. The van der Waals surface area contributed by atoms with Crippen LogP contribution >= 0.6 is 0 Å². The highest BCUT2D eigenvalue weighted by Gasteiger charge is 2.36. The number of hydrogen-bond acceptors (Lipinski definition) is 12. The Bertz CT molecular complexity index is 1320. The molecule has 0 fully saturated rings. The van der Waals surface area contributed by atoms with Gasteiger partial charge in [-0.2, -0.15) is 9.97 Å². The molecular weight excluding hydrogens is 540 g/mol. The summed E-state index contributed by atoms with van der Waals surface area (Å²) in [7, 11) is 0. The Kier molecular flexibility index (Phi) is 9.97. The summed E-state index contributed by atoms with van der Waals surface area (Å²) in [5.41, 5.74) is 18.7. The van der Waals surface area contributed by atoms with Crippen LogP contribution in [-0.4, -0.2) is 80.1 Å². The number of nitrogen functional groups attached to an aromatic ring is 2. The first-order chi connectivity index (χ1) is 19.4. The van der Waals surface area contributed by atoms with Crippen molar-refractivity contribution in [3.05, 3.63) is 35.4 Å². The fourth-order valence-electron chi connectivity index (χ4n) is 4.47. The highest BCUT2D eigenvalue weighted by atomic mass is 16.4. The predicted molar refractivity (Wildman–Crippen MR) is 146 cm³/mol. The molecule has 0 saturated carbocycles. The number of hydrogen-bond donors (Lipinski definition) is 9. The molecule has 0 spiro atoms. The summed E-state index contributed by atoms with van der Waals surface area (Å²) < 4.78 is 0. The summed E-state index contributed by atoms with van der Waals surface area (Å²) in [5.74, 6) is -6.92. The van der Waals surface area contributed by atoms with Gasteiger partial charge >= 0.3 is 17.9 Å². The Morgan fingerprint density at radius 2 is 1.71 bits per heavy atom. The number of nitrogens with two attached hydrogens (primary N) is 3. The lowest BCUT2D eigenvalue weighted by molar-refractivity contribution is -0.148. The van der Waals surface area contributed by atoms with Gasteiger partial charge in [-0.15, -0.1) is 0 Å². The number of Topliss-reactive ketones (excluding diaryl/α,β-unsaturated/α-hetero) is 1. The number of amides is 1. The summed E-state index contributed by atoms with van der Waals surface area (Å²) in [6.07, 6.45) is -0.960. The topological polar surface area (TPSA) is 286 Å². The number of fused-ring (bicyclic) bond motifs is 1. The Morgan fingerprint density at radius 3 is 2.32 bits per heavy atom. The number of carbonyl (C=O) groups excluding carboxylic acids is 2. The summed E-state index contributed by atoms with van der Waals surface area (Å²) in [4.78, 5) is 67.8. The van der Waals surface area contributed by atoms with Crippen LogP contribution in [0.3, 0.4) is 0 Å². The van der Waals surface area contributed by atoms with Crippen molar-refractivity contribution in [1.29, 1.82) is 0 Å². The molecule has 0 aliphatic carbocycles. The number of nitrogens with zero attached hydrogens (tertiary/aromatic N) is 2. The first-order valence-corrected chi connectivity index (χ1v) is 12.7. The van der Waals surface area contributed by atoms with Crippen LogP contribution in [-0.2, 0) is 19.2 Å². The van der Waals surface area contributed by atoms with Crippen LogP contribution in [0.25, 0.3) is 0 Å². The van der Waals surface area contributed by atoms with Crippen LogP contribution in [0.5, 0.6) is 0 Å². The highest BCUT2D eigenvalue weighted by Crippen LogP contribution is 2.36. The molecule has 16 heteroatoms. The van der Waals surface area contributed by atoms with Crippen molar-refractivity contribution >= 4 is 52.9 Å². The average molecular weight is 573 g/mol. The molecule has 1 amide bonds. The zero-order valence-corrected chi connectivity index (χ0v) is 21.9. The summed E-state index contributed by atoms with van der Waals surface area (Å²) >= 11 is 0. The van der Waals surface area contributed by atoms with Gasteiger partial charge in [0.1, 0.15) is 23.6 Å². The van der Waals surface area contributed by atoms with Crippen LogP contribution in [0, 0.1) is 5.92 Å². The molecule has 41 heavy (non-hydrogen) atoms. The van der Waals surface area contributed by atoms with E-state index in [1.54, 1.807) is 12.1 Å². The van der Waals surface area contributed by atoms with Gasteiger partial charge in [-0.05, 0) is 43.5 Å². The molecule has 0 bridgehead atoms. The van der Waals surface area contributed by atoms with E-state index in [-0.39, 0.29) is 17.4 Å².